The van der Waals surface area contributed by atoms with Gasteiger partial charge >= 0.3 is 0 Å². The zero-order valence-corrected chi connectivity index (χ0v) is 21.6. The van der Waals surface area contributed by atoms with Crippen LogP contribution in [0.15, 0.2) is 41.3 Å². The van der Waals surface area contributed by atoms with Crippen molar-refractivity contribution in [3.8, 4) is 5.75 Å². The van der Waals surface area contributed by atoms with Crippen molar-refractivity contribution in [2.45, 2.75) is 48.4 Å². The Morgan fingerprint density at radius 1 is 1.09 bits per heavy atom. The predicted molar refractivity (Wildman–Crippen MR) is 128 cm³/mol. The second-order valence-electron chi connectivity index (χ2n) is 8.95. The van der Waals surface area contributed by atoms with Crippen molar-refractivity contribution in [2.75, 3.05) is 24.7 Å². The molecule has 2 aromatic rings. The molecule has 0 N–H and O–H groups in total. The van der Waals surface area contributed by atoms with E-state index in [1.807, 2.05) is 0 Å². The monoisotopic (exact) mass is 548 g/mol. The minimum absolute atomic E-state index is 0.00269. The molecule has 0 radical (unpaired) electrons. The van der Waals surface area contributed by atoms with Crippen LogP contribution < -0.4 is 4.74 Å². The van der Waals surface area contributed by atoms with Crippen LogP contribution in [0.5, 0.6) is 5.75 Å². The summed E-state index contributed by atoms with van der Waals surface area (Å²) in [6.45, 7) is 1.67. The minimum Gasteiger partial charge on any atom is -0.490 e. The summed E-state index contributed by atoms with van der Waals surface area (Å²) in [5.74, 6) is -2.67. The fraction of sp³-hybridized carbons (Fsp3) is 0.500. The SMILES string of the molecule is CCS(=O)(=O)CCCO[C@@H]1CC[C@@]2(S(=O)(=O)c3ccc(Cl)cc3)c3c(F)ccc(F)c3OC[C@H]2C1. The fourth-order valence-electron chi connectivity index (χ4n) is 5.13. The van der Waals surface area contributed by atoms with Gasteiger partial charge in [-0.2, -0.15) is 0 Å². The molecule has 0 aromatic heterocycles. The van der Waals surface area contributed by atoms with Gasteiger partial charge in [-0.25, -0.2) is 25.6 Å². The van der Waals surface area contributed by atoms with Crippen LogP contribution in [0.25, 0.3) is 0 Å². The Labute approximate surface area is 209 Å². The Balaban J connectivity index is 1.68. The summed E-state index contributed by atoms with van der Waals surface area (Å²) in [6.07, 6.45) is 0.476. The zero-order chi connectivity index (χ0) is 25.4. The standard InChI is InChI=1S/C24H27ClF2O6S2/c1-2-34(28,29)13-3-12-32-18-10-11-24(35(30,31)19-6-4-17(25)5-7-19)16(14-18)15-33-23-21(27)9-8-20(26)22(23)24/h4-9,16,18H,2-3,10-15H2,1H3/t16-,18-,24+/m1/s1. The molecule has 0 saturated heterocycles. The third-order valence-electron chi connectivity index (χ3n) is 6.95. The molecule has 0 amide bonds. The van der Waals surface area contributed by atoms with E-state index in [1.54, 1.807) is 6.92 Å². The molecule has 4 rings (SSSR count). The highest BCUT2D eigenvalue weighted by atomic mass is 35.5. The molecule has 11 heteroatoms. The molecule has 1 heterocycles. The van der Waals surface area contributed by atoms with E-state index in [0.717, 1.165) is 12.1 Å². The summed E-state index contributed by atoms with van der Waals surface area (Å²) in [5, 5.41) is 0.352. The van der Waals surface area contributed by atoms with Crippen LogP contribution in [-0.2, 0) is 29.2 Å². The molecule has 1 aliphatic heterocycles. The van der Waals surface area contributed by atoms with Crippen LogP contribution in [0.1, 0.15) is 38.2 Å². The second kappa shape index (κ2) is 9.95. The largest absolute Gasteiger partial charge is 0.490 e. The topological polar surface area (TPSA) is 86.7 Å². The van der Waals surface area contributed by atoms with Crippen molar-refractivity contribution in [3.05, 3.63) is 58.6 Å². The summed E-state index contributed by atoms with van der Waals surface area (Å²) >= 11 is 5.95. The normalized spacial score (nSPS) is 24.3. The number of halogens is 3. The van der Waals surface area contributed by atoms with E-state index >= 15 is 4.39 Å². The van der Waals surface area contributed by atoms with Crippen molar-refractivity contribution in [1.29, 1.82) is 0 Å². The maximum absolute atomic E-state index is 15.2. The Hall–Kier alpha value is -1.75. The number of benzene rings is 2. The number of hydrogen-bond donors (Lipinski definition) is 0. The van der Waals surface area contributed by atoms with Gasteiger partial charge in [-0.1, -0.05) is 18.5 Å². The lowest BCUT2D eigenvalue weighted by atomic mass is 9.72. The van der Waals surface area contributed by atoms with E-state index in [4.69, 9.17) is 21.1 Å². The van der Waals surface area contributed by atoms with Crippen LogP contribution in [0, 0.1) is 17.6 Å². The first-order valence-electron chi connectivity index (χ1n) is 11.5. The van der Waals surface area contributed by atoms with Crippen molar-refractivity contribution in [3.63, 3.8) is 0 Å². The van der Waals surface area contributed by atoms with Crippen LogP contribution in [0.3, 0.4) is 0 Å². The Morgan fingerprint density at radius 3 is 2.46 bits per heavy atom. The molecule has 192 valence electrons. The molecule has 2 aromatic carbocycles. The first-order valence-corrected chi connectivity index (χ1v) is 15.1. The van der Waals surface area contributed by atoms with E-state index in [2.05, 4.69) is 0 Å². The molecule has 1 fully saturated rings. The molecule has 1 aliphatic carbocycles. The average molecular weight is 549 g/mol. The molecule has 2 aliphatic rings. The van der Waals surface area contributed by atoms with Gasteiger partial charge in [0.05, 0.1) is 28.9 Å². The van der Waals surface area contributed by atoms with E-state index < -0.39 is 42.0 Å². The zero-order valence-electron chi connectivity index (χ0n) is 19.2. The summed E-state index contributed by atoms with van der Waals surface area (Å²) < 4.78 is 91.2. The van der Waals surface area contributed by atoms with Gasteiger partial charge in [-0.15, -0.1) is 0 Å². The molecular formula is C24H27ClF2O6S2. The highest BCUT2D eigenvalue weighted by Gasteiger charge is 2.59. The lowest BCUT2D eigenvalue weighted by Crippen LogP contribution is -2.53. The Morgan fingerprint density at radius 2 is 1.77 bits per heavy atom. The quantitative estimate of drug-likeness (QED) is 0.445. The van der Waals surface area contributed by atoms with E-state index in [0.29, 0.717) is 11.4 Å². The molecular weight excluding hydrogens is 522 g/mol. The summed E-state index contributed by atoms with van der Waals surface area (Å²) in [6, 6.07) is 7.48. The minimum atomic E-state index is -4.20. The summed E-state index contributed by atoms with van der Waals surface area (Å²) in [7, 11) is -7.32. The van der Waals surface area contributed by atoms with E-state index in [-0.39, 0.29) is 66.3 Å². The molecule has 3 atom stereocenters. The average Bonchev–Trinajstić information content (AvgIpc) is 2.83. The van der Waals surface area contributed by atoms with Crippen LogP contribution in [-0.4, -0.2) is 47.7 Å². The Bertz CT molecular complexity index is 1300. The maximum Gasteiger partial charge on any atom is 0.188 e. The predicted octanol–water partition coefficient (Wildman–Crippen LogP) is 4.69. The van der Waals surface area contributed by atoms with Crippen LogP contribution in [0.2, 0.25) is 5.02 Å². The van der Waals surface area contributed by atoms with E-state index in [1.165, 1.54) is 24.3 Å². The molecule has 35 heavy (non-hydrogen) atoms. The summed E-state index contributed by atoms with van der Waals surface area (Å²) in [4.78, 5) is -0.0347. The second-order valence-corrected chi connectivity index (χ2v) is 14.1. The Kier molecular flexibility index (Phi) is 7.48. The van der Waals surface area contributed by atoms with Gasteiger partial charge in [0.25, 0.3) is 0 Å². The molecule has 0 bridgehead atoms. The molecule has 0 unspecified atom stereocenters. The van der Waals surface area contributed by atoms with Gasteiger partial charge < -0.3 is 9.47 Å². The van der Waals surface area contributed by atoms with Gasteiger partial charge in [-0.3, -0.25) is 0 Å². The first kappa shape index (κ1) is 26.3. The molecule has 0 spiro atoms. The van der Waals surface area contributed by atoms with Crippen molar-refractivity contribution < 1.29 is 35.1 Å². The fourth-order valence-corrected chi connectivity index (χ4v) is 8.46. The first-order chi connectivity index (χ1) is 16.5. The third kappa shape index (κ3) is 4.82. The smallest absolute Gasteiger partial charge is 0.188 e. The van der Waals surface area contributed by atoms with Crippen LogP contribution >= 0.6 is 11.6 Å². The van der Waals surface area contributed by atoms with Crippen molar-refractivity contribution in [1.82, 2.24) is 0 Å². The lowest BCUT2D eigenvalue weighted by molar-refractivity contribution is -0.0148. The van der Waals surface area contributed by atoms with Gasteiger partial charge in [0.1, 0.15) is 20.4 Å². The molecule has 6 nitrogen and oxygen atoms in total. The van der Waals surface area contributed by atoms with Crippen molar-refractivity contribution in [2.24, 2.45) is 5.92 Å². The number of ether oxygens (including phenoxy) is 2. The highest BCUT2D eigenvalue weighted by Crippen LogP contribution is 2.56. The number of fused-ring (bicyclic) bond motifs is 3. The molecule has 1 saturated carbocycles. The number of sulfone groups is 2. The summed E-state index contributed by atoms with van der Waals surface area (Å²) in [5.41, 5.74) is -0.281. The highest BCUT2D eigenvalue weighted by molar-refractivity contribution is 7.92. The van der Waals surface area contributed by atoms with Crippen molar-refractivity contribution >= 4 is 31.3 Å². The van der Waals surface area contributed by atoms with Gasteiger partial charge in [0, 0.05) is 23.3 Å². The van der Waals surface area contributed by atoms with E-state index in [9.17, 15) is 21.2 Å². The number of hydrogen-bond acceptors (Lipinski definition) is 6. The number of rotatable bonds is 8. The van der Waals surface area contributed by atoms with Crippen LogP contribution in [0.4, 0.5) is 8.78 Å². The van der Waals surface area contributed by atoms with Gasteiger partial charge in [0.15, 0.2) is 21.4 Å². The maximum atomic E-state index is 15.2. The van der Waals surface area contributed by atoms with Gasteiger partial charge in [0.2, 0.25) is 0 Å². The van der Waals surface area contributed by atoms with Gasteiger partial charge in [-0.05, 0) is 62.1 Å². The third-order valence-corrected chi connectivity index (χ3v) is 11.6. The lowest BCUT2D eigenvalue weighted by Gasteiger charge is -2.48.